The van der Waals surface area contributed by atoms with Crippen LogP contribution in [-0.2, 0) is 6.54 Å². The lowest BCUT2D eigenvalue weighted by molar-refractivity contribution is 0.479. The van der Waals surface area contributed by atoms with Gasteiger partial charge in [0, 0.05) is 41.7 Å². The third-order valence-corrected chi connectivity index (χ3v) is 5.22. The molecule has 126 valence electrons. The van der Waals surface area contributed by atoms with Crippen molar-refractivity contribution in [3.05, 3.63) is 46.8 Å². The van der Waals surface area contributed by atoms with Crippen LogP contribution in [-0.4, -0.2) is 25.3 Å². The number of rotatable bonds is 3. The van der Waals surface area contributed by atoms with E-state index in [0.29, 0.717) is 12.0 Å². The lowest BCUT2D eigenvalue weighted by Gasteiger charge is -2.28. The van der Waals surface area contributed by atoms with Gasteiger partial charge < -0.3 is 16.0 Å². The maximum Gasteiger partial charge on any atom is 0.0421 e. The highest BCUT2D eigenvalue weighted by Gasteiger charge is 2.20. The van der Waals surface area contributed by atoms with Crippen LogP contribution in [0, 0.1) is 0 Å². The van der Waals surface area contributed by atoms with E-state index in [4.69, 9.17) is 0 Å². The molecule has 3 aliphatic rings. The molecule has 1 aromatic rings. The normalized spacial score (nSPS) is 23.4. The molecule has 3 N–H and O–H groups in total. The minimum atomic E-state index is 0.385. The first-order chi connectivity index (χ1) is 11.8. The fourth-order valence-corrected chi connectivity index (χ4v) is 3.74. The summed E-state index contributed by atoms with van der Waals surface area (Å²) in [7, 11) is 0. The Bertz CT molecular complexity index is 696. The second-order valence-corrected chi connectivity index (χ2v) is 6.98. The van der Waals surface area contributed by atoms with Crippen molar-refractivity contribution in [3.8, 4) is 0 Å². The zero-order valence-electron chi connectivity index (χ0n) is 14.3. The molecule has 1 fully saturated rings. The van der Waals surface area contributed by atoms with E-state index in [1.807, 2.05) is 0 Å². The van der Waals surface area contributed by atoms with Gasteiger partial charge in [0.05, 0.1) is 0 Å². The Hall–Kier alpha value is -2.07. The Morgan fingerprint density at radius 3 is 2.88 bits per heavy atom. The second kappa shape index (κ2) is 6.81. The van der Waals surface area contributed by atoms with Crippen molar-refractivity contribution in [3.63, 3.8) is 0 Å². The number of nitrogens with one attached hydrogen (secondary N) is 3. The smallest absolute Gasteiger partial charge is 0.0421 e. The summed E-state index contributed by atoms with van der Waals surface area (Å²) < 4.78 is 0. The van der Waals surface area contributed by atoms with E-state index in [2.05, 4.69) is 64.6 Å². The van der Waals surface area contributed by atoms with Gasteiger partial charge in [0.1, 0.15) is 0 Å². The fraction of sp³-hybridized carbons (Fsp3) is 0.450. The Labute approximate surface area is 144 Å². The van der Waals surface area contributed by atoms with E-state index in [-0.39, 0.29) is 0 Å². The van der Waals surface area contributed by atoms with Crippen molar-refractivity contribution in [2.45, 2.75) is 44.7 Å². The molecule has 0 radical (unpaired) electrons. The second-order valence-electron chi connectivity index (χ2n) is 6.98. The Morgan fingerprint density at radius 1 is 1.21 bits per heavy atom. The summed E-state index contributed by atoms with van der Waals surface area (Å²) in [5, 5.41) is 10.6. The molecule has 0 spiro atoms. The van der Waals surface area contributed by atoms with Crippen LogP contribution < -0.4 is 16.0 Å². The quantitative estimate of drug-likeness (QED) is 0.799. The number of nitrogens with zero attached hydrogens (tertiary/aromatic N) is 1. The van der Waals surface area contributed by atoms with Gasteiger partial charge in [-0.2, -0.15) is 0 Å². The lowest BCUT2D eigenvalue weighted by Crippen LogP contribution is -2.35. The number of hydrogen-bond donors (Lipinski definition) is 3. The van der Waals surface area contributed by atoms with E-state index in [9.17, 15) is 0 Å². The van der Waals surface area contributed by atoms with Crippen molar-refractivity contribution in [2.24, 2.45) is 4.99 Å². The number of fused-ring (bicyclic) bond motifs is 1. The number of aliphatic imine (C=N–C) groups is 1. The minimum absolute atomic E-state index is 0.385. The van der Waals surface area contributed by atoms with E-state index >= 15 is 0 Å². The van der Waals surface area contributed by atoms with Crippen LogP contribution in [0.5, 0.6) is 0 Å². The molecule has 3 heterocycles. The van der Waals surface area contributed by atoms with Crippen LogP contribution in [0.15, 0.2) is 35.1 Å². The van der Waals surface area contributed by atoms with Crippen LogP contribution in [0.3, 0.4) is 0 Å². The van der Waals surface area contributed by atoms with Gasteiger partial charge in [-0.25, -0.2) is 0 Å². The highest BCUT2D eigenvalue weighted by Crippen LogP contribution is 2.32. The summed E-state index contributed by atoms with van der Waals surface area (Å²) in [5.74, 6) is 0.385. The Balaban J connectivity index is 1.65. The standard InChI is InChI=1S/C20H26N4/c1-14-2-3-16(12-23-14)17-10-15-4-7-22-13-19(15)20(11-17)24-18-5-8-21-9-6-18/h2,4,7,10-12,16,18,21-22,24H,3,5-6,8-9,13H2,1H3. The molecule has 4 nitrogen and oxygen atoms in total. The molecule has 0 aromatic heterocycles. The van der Waals surface area contributed by atoms with E-state index in [1.165, 1.54) is 35.2 Å². The SMILES string of the molecule is CC1=CCC(c2cc3c(c(NC4CCNCC4)c2)CNC=C3)C=N1. The molecule has 4 heteroatoms. The lowest BCUT2D eigenvalue weighted by atomic mass is 9.89. The van der Waals surface area contributed by atoms with Gasteiger partial charge in [0.25, 0.3) is 0 Å². The molecule has 4 rings (SSSR count). The van der Waals surface area contributed by atoms with Crippen molar-refractivity contribution >= 4 is 18.0 Å². The predicted octanol–water partition coefficient (Wildman–Crippen LogP) is 3.39. The first-order valence-electron chi connectivity index (χ1n) is 9.04. The topological polar surface area (TPSA) is 48.4 Å². The average Bonchev–Trinajstić information content (AvgIpc) is 2.63. The van der Waals surface area contributed by atoms with Crippen LogP contribution in [0.2, 0.25) is 0 Å². The molecule has 0 bridgehead atoms. The third kappa shape index (κ3) is 3.24. The summed E-state index contributed by atoms with van der Waals surface area (Å²) in [6.45, 7) is 5.18. The van der Waals surface area contributed by atoms with Gasteiger partial charge in [-0.1, -0.05) is 12.1 Å². The molecule has 1 aromatic carbocycles. The van der Waals surface area contributed by atoms with Gasteiger partial charge in [-0.15, -0.1) is 0 Å². The largest absolute Gasteiger partial charge is 0.387 e. The maximum absolute atomic E-state index is 4.52. The number of hydrogen-bond acceptors (Lipinski definition) is 4. The first-order valence-corrected chi connectivity index (χ1v) is 9.04. The molecule has 1 unspecified atom stereocenters. The van der Waals surface area contributed by atoms with Crippen molar-refractivity contribution in [2.75, 3.05) is 18.4 Å². The fourth-order valence-electron chi connectivity index (χ4n) is 3.74. The molecule has 0 aliphatic carbocycles. The van der Waals surface area contributed by atoms with E-state index in [0.717, 1.165) is 31.8 Å². The summed E-state index contributed by atoms with van der Waals surface area (Å²) in [6.07, 6.45) is 12.0. The highest BCUT2D eigenvalue weighted by molar-refractivity contribution is 5.75. The molecule has 0 amide bonds. The van der Waals surface area contributed by atoms with Gasteiger partial charge in [0.15, 0.2) is 0 Å². The Morgan fingerprint density at radius 2 is 2.08 bits per heavy atom. The summed E-state index contributed by atoms with van der Waals surface area (Å²) >= 11 is 0. The minimum Gasteiger partial charge on any atom is -0.387 e. The zero-order valence-corrected chi connectivity index (χ0v) is 14.3. The monoisotopic (exact) mass is 322 g/mol. The van der Waals surface area contributed by atoms with Crippen LogP contribution in [0.25, 0.3) is 6.08 Å². The molecule has 1 saturated heterocycles. The van der Waals surface area contributed by atoms with Gasteiger partial charge in [-0.3, -0.25) is 4.99 Å². The summed E-state index contributed by atoms with van der Waals surface area (Å²) in [6, 6.07) is 5.26. The van der Waals surface area contributed by atoms with Crippen molar-refractivity contribution in [1.29, 1.82) is 0 Å². The number of allylic oxidation sites excluding steroid dienone is 2. The highest BCUT2D eigenvalue weighted by atomic mass is 15.0. The number of anilines is 1. The van der Waals surface area contributed by atoms with Crippen LogP contribution in [0.4, 0.5) is 5.69 Å². The van der Waals surface area contributed by atoms with Crippen molar-refractivity contribution < 1.29 is 0 Å². The maximum atomic E-state index is 4.52. The van der Waals surface area contributed by atoms with Gasteiger partial charge in [0.2, 0.25) is 0 Å². The van der Waals surface area contributed by atoms with Crippen LogP contribution >= 0.6 is 0 Å². The molecular weight excluding hydrogens is 296 g/mol. The molecule has 24 heavy (non-hydrogen) atoms. The summed E-state index contributed by atoms with van der Waals surface area (Å²) in [4.78, 5) is 4.52. The van der Waals surface area contributed by atoms with Crippen molar-refractivity contribution in [1.82, 2.24) is 10.6 Å². The third-order valence-electron chi connectivity index (χ3n) is 5.22. The molecule has 3 aliphatic heterocycles. The van der Waals surface area contributed by atoms with E-state index < -0.39 is 0 Å². The molecular formula is C20H26N4. The van der Waals surface area contributed by atoms with E-state index in [1.54, 1.807) is 0 Å². The Kier molecular flexibility index (Phi) is 4.39. The average molecular weight is 322 g/mol. The molecule has 0 saturated carbocycles. The van der Waals surface area contributed by atoms with Crippen LogP contribution in [0.1, 0.15) is 48.8 Å². The zero-order chi connectivity index (χ0) is 16.4. The number of piperidine rings is 1. The summed E-state index contributed by atoms with van der Waals surface area (Å²) in [5.41, 5.74) is 6.51. The van der Waals surface area contributed by atoms with Gasteiger partial charge in [-0.05, 0) is 68.7 Å². The van der Waals surface area contributed by atoms with Gasteiger partial charge >= 0.3 is 0 Å². The first kappa shape index (κ1) is 15.5. The predicted molar refractivity (Wildman–Crippen MR) is 101 cm³/mol. The molecule has 1 atom stereocenters. The number of benzene rings is 1.